The molecule has 3 heteroatoms. The second kappa shape index (κ2) is 7.23. The molecule has 1 N–H and O–H groups in total. The Balaban J connectivity index is 2.34. The van der Waals surface area contributed by atoms with Gasteiger partial charge < -0.3 is 10.1 Å². The quantitative estimate of drug-likeness (QED) is 0.850. The summed E-state index contributed by atoms with van der Waals surface area (Å²) in [5.41, 5.74) is 2.64. The highest BCUT2D eigenvalue weighted by atomic mass is 19.1. The van der Waals surface area contributed by atoms with E-state index >= 15 is 0 Å². The first kappa shape index (κ1) is 15.5. The third kappa shape index (κ3) is 4.05. The maximum absolute atomic E-state index is 13.9. The summed E-state index contributed by atoms with van der Waals surface area (Å²) < 4.78 is 19.6. The molecule has 0 unspecified atom stereocenters. The van der Waals surface area contributed by atoms with Gasteiger partial charge in [-0.3, -0.25) is 0 Å². The van der Waals surface area contributed by atoms with Gasteiger partial charge >= 0.3 is 0 Å². The topological polar surface area (TPSA) is 21.3 Å². The lowest BCUT2D eigenvalue weighted by atomic mass is 10.0. The second-order valence-corrected chi connectivity index (χ2v) is 5.27. The van der Waals surface area contributed by atoms with Gasteiger partial charge in [-0.2, -0.15) is 0 Å². The molecule has 0 amide bonds. The third-order valence-electron chi connectivity index (χ3n) is 3.24. The Morgan fingerprint density at radius 3 is 2.62 bits per heavy atom. The summed E-state index contributed by atoms with van der Waals surface area (Å²) in [5, 5.41) is 3.25. The van der Waals surface area contributed by atoms with Crippen molar-refractivity contribution in [3.05, 3.63) is 53.8 Å². The molecule has 2 aromatic carbocycles. The lowest BCUT2D eigenvalue weighted by Gasteiger charge is -2.13. The van der Waals surface area contributed by atoms with Crippen LogP contribution in [0.5, 0.6) is 5.75 Å². The number of para-hydroxylation sites is 1. The van der Waals surface area contributed by atoms with Crippen LogP contribution in [0.15, 0.2) is 42.5 Å². The van der Waals surface area contributed by atoms with Crippen molar-refractivity contribution in [1.82, 2.24) is 5.32 Å². The maximum atomic E-state index is 13.9. The molecule has 0 spiro atoms. The average Bonchev–Trinajstić information content (AvgIpc) is 2.47. The molecule has 0 fully saturated rings. The summed E-state index contributed by atoms with van der Waals surface area (Å²) in [7, 11) is 0. The van der Waals surface area contributed by atoms with E-state index in [1.54, 1.807) is 6.07 Å². The molecule has 2 nitrogen and oxygen atoms in total. The van der Waals surface area contributed by atoms with Crippen molar-refractivity contribution in [2.75, 3.05) is 6.61 Å². The number of hydrogen-bond acceptors (Lipinski definition) is 2. The summed E-state index contributed by atoms with van der Waals surface area (Å²) >= 11 is 0. The van der Waals surface area contributed by atoms with Gasteiger partial charge in [0.25, 0.3) is 0 Å². The van der Waals surface area contributed by atoms with E-state index in [4.69, 9.17) is 4.74 Å². The second-order valence-electron chi connectivity index (χ2n) is 5.27. The number of rotatable bonds is 6. The average molecular weight is 287 g/mol. The number of hydrogen-bond donors (Lipinski definition) is 1. The Bertz CT molecular complexity index is 596. The van der Waals surface area contributed by atoms with E-state index in [0.717, 1.165) is 16.9 Å². The molecule has 0 saturated carbocycles. The minimum Gasteiger partial charge on any atom is -0.493 e. The Morgan fingerprint density at radius 2 is 1.90 bits per heavy atom. The first-order valence-corrected chi connectivity index (χ1v) is 7.35. The summed E-state index contributed by atoms with van der Waals surface area (Å²) in [6, 6.07) is 13.4. The van der Waals surface area contributed by atoms with Crippen LogP contribution in [0.4, 0.5) is 4.39 Å². The lowest BCUT2D eigenvalue weighted by molar-refractivity contribution is 0.341. The fraction of sp³-hybridized carbons (Fsp3) is 0.333. The molecule has 0 aliphatic heterocycles. The number of halogens is 1. The largest absolute Gasteiger partial charge is 0.493 e. The van der Waals surface area contributed by atoms with Crippen molar-refractivity contribution in [2.24, 2.45) is 0 Å². The Labute approximate surface area is 126 Å². The highest BCUT2D eigenvalue weighted by molar-refractivity contribution is 5.71. The predicted molar refractivity (Wildman–Crippen MR) is 85.0 cm³/mol. The molecule has 0 atom stereocenters. The molecule has 0 aliphatic carbocycles. The fourth-order valence-electron chi connectivity index (χ4n) is 2.18. The van der Waals surface area contributed by atoms with Crippen molar-refractivity contribution in [1.29, 1.82) is 0 Å². The van der Waals surface area contributed by atoms with Crippen LogP contribution in [0.2, 0.25) is 0 Å². The van der Waals surface area contributed by atoms with Gasteiger partial charge in [0.15, 0.2) is 0 Å². The standard InChI is InChI=1S/C18H22FNO/c1-4-21-18-8-6-5-7-16(18)14-9-10-17(19)15(11-14)12-20-13(2)3/h5-11,13,20H,4,12H2,1-3H3. The minimum absolute atomic E-state index is 0.180. The fourth-order valence-corrected chi connectivity index (χ4v) is 2.18. The Morgan fingerprint density at radius 1 is 1.14 bits per heavy atom. The van der Waals surface area contributed by atoms with E-state index in [1.165, 1.54) is 6.07 Å². The van der Waals surface area contributed by atoms with Crippen LogP contribution < -0.4 is 10.1 Å². The van der Waals surface area contributed by atoms with E-state index in [2.05, 4.69) is 5.32 Å². The van der Waals surface area contributed by atoms with Crippen LogP contribution >= 0.6 is 0 Å². The van der Waals surface area contributed by atoms with E-state index in [0.29, 0.717) is 24.8 Å². The molecule has 0 heterocycles. The normalized spacial score (nSPS) is 10.9. The molecular weight excluding hydrogens is 265 g/mol. The van der Waals surface area contributed by atoms with Crippen LogP contribution in [-0.4, -0.2) is 12.6 Å². The van der Waals surface area contributed by atoms with Gasteiger partial charge in [-0.15, -0.1) is 0 Å². The van der Waals surface area contributed by atoms with Crippen LogP contribution in [0.25, 0.3) is 11.1 Å². The monoisotopic (exact) mass is 287 g/mol. The minimum atomic E-state index is -0.180. The summed E-state index contributed by atoms with van der Waals surface area (Å²) in [5.74, 6) is 0.648. The zero-order chi connectivity index (χ0) is 15.2. The van der Waals surface area contributed by atoms with Gasteiger partial charge in [-0.05, 0) is 30.7 Å². The Kier molecular flexibility index (Phi) is 5.34. The summed E-state index contributed by atoms with van der Waals surface area (Å²) in [6.45, 7) is 7.19. The van der Waals surface area contributed by atoms with Gasteiger partial charge in [0, 0.05) is 23.7 Å². The highest BCUT2D eigenvalue weighted by Gasteiger charge is 2.09. The highest BCUT2D eigenvalue weighted by Crippen LogP contribution is 2.31. The number of benzene rings is 2. The molecular formula is C18H22FNO. The summed E-state index contributed by atoms with van der Waals surface area (Å²) in [4.78, 5) is 0. The lowest BCUT2D eigenvalue weighted by Crippen LogP contribution is -2.22. The molecule has 112 valence electrons. The van der Waals surface area contributed by atoms with Crippen molar-refractivity contribution < 1.29 is 9.13 Å². The molecule has 2 aromatic rings. The molecule has 0 aliphatic rings. The van der Waals surface area contributed by atoms with Crippen LogP contribution in [0.3, 0.4) is 0 Å². The SMILES string of the molecule is CCOc1ccccc1-c1ccc(F)c(CNC(C)C)c1. The molecule has 21 heavy (non-hydrogen) atoms. The third-order valence-corrected chi connectivity index (χ3v) is 3.24. The van der Waals surface area contributed by atoms with Crippen molar-refractivity contribution in [3.63, 3.8) is 0 Å². The summed E-state index contributed by atoms with van der Waals surface area (Å²) in [6.07, 6.45) is 0. The van der Waals surface area contributed by atoms with Crippen LogP contribution in [0, 0.1) is 5.82 Å². The molecule has 0 saturated heterocycles. The van der Waals surface area contributed by atoms with Crippen LogP contribution in [-0.2, 0) is 6.54 Å². The van der Waals surface area contributed by atoms with Gasteiger partial charge in [0.1, 0.15) is 11.6 Å². The first-order valence-electron chi connectivity index (χ1n) is 7.35. The Hall–Kier alpha value is -1.87. The number of ether oxygens (including phenoxy) is 1. The first-order chi connectivity index (χ1) is 10.1. The molecule has 0 bridgehead atoms. The van der Waals surface area contributed by atoms with Crippen LogP contribution in [0.1, 0.15) is 26.3 Å². The number of nitrogens with one attached hydrogen (secondary N) is 1. The maximum Gasteiger partial charge on any atom is 0.127 e. The molecule has 2 rings (SSSR count). The zero-order valence-corrected chi connectivity index (χ0v) is 12.8. The predicted octanol–water partition coefficient (Wildman–Crippen LogP) is 4.39. The van der Waals surface area contributed by atoms with E-state index in [-0.39, 0.29) is 5.82 Å². The van der Waals surface area contributed by atoms with E-state index in [9.17, 15) is 4.39 Å². The smallest absolute Gasteiger partial charge is 0.127 e. The van der Waals surface area contributed by atoms with Crippen molar-refractivity contribution in [3.8, 4) is 16.9 Å². The van der Waals surface area contributed by atoms with E-state index < -0.39 is 0 Å². The van der Waals surface area contributed by atoms with Gasteiger partial charge in [-0.1, -0.05) is 38.1 Å². The van der Waals surface area contributed by atoms with Gasteiger partial charge in [0.2, 0.25) is 0 Å². The van der Waals surface area contributed by atoms with Gasteiger partial charge in [0.05, 0.1) is 6.61 Å². The van der Waals surface area contributed by atoms with Gasteiger partial charge in [-0.25, -0.2) is 4.39 Å². The van der Waals surface area contributed by atoms with Crippen molar-refractivity contribution in [2.45, 2.75) is 33.4 Å². The van der Waals surface area contributed by atoms with Crippen molar-refractivity contribution >= 4 is 0 Å². The molecule has 0 radical (unpaired) electrons. The molecule has 0 aromatic heterocycles. The zero-order valence-electron chi connectivity index (χ0n) is 12.8. The van der Waals surface area contributed by atoms with E-state index in [1.807, 2.05) is 51.1 Å².